The summed E-state index contributed by atoms with van der Waals surface area (Å²) in [6.07, 6.45) is 8.71. The van der Waals surface area contributed by atoms with Crippen molar-refractivity contribution in [3.63, 3.8) is 0 Å². The van der Waals surface area contributed by atoms with E-state index >= 15 is 0 Å². The molecule has 394 valence electrons. The summed E-state index contributed by atoms with van der Waals surface area (Å²) in [7, 11) is 1.44. The molecule has 0 spiro atoms. The predicted octanol–water partition coefficient (Wildman–Crippen LogP) is 13.8. The largest absolute Gasteiger partial charge is 0.469 e. The number of aromatic nitrogens is 4. The van der Waals surface area contributed by atoms with Crippen LogP contribution in [-0.4, -0.2) is 80.8 Å². The molecule has 0 unspecified atom stereocenters. The molecule has 12 rings (SSSR count). The first kappa shape index (κ1) is 52.5. The lowest BCUT2D eigenvalue weighted by atomic mass is 9.72. The number of methoxy groups -OCH3 is 1. The fraction of sp³-hybridized carbons (Fsp3) is 0.323. The second-order valence-electron chi connectivity index (χ2n) is 21.5. The van der Waals surface area contributed by atoms with Crippen LogP contribution >= 0.6 is 23.2 Å². The van der Waals surface area contributed by atoms with Crippen molar-refractivity contribution in [2.75, 3.05) is 33.3 Å². The molecule has 0 atom stereocenters. The van der Waals surface area contributed by atoms with E-state index < -0.39 is 0 Å². The molecule has 2 saturated heterocycles. The van der Waals surface area contributed by atoms with Crippen molar-refractivity contribution in [1.82, 2.24) is 29.7 Å². The summed E-state index contributed by atoms with van der Waals surface area (Å²) >= 11 is 12.3. The fourth-order valence-electron chi connectivity index (χ4n) is 11.9. The van der Waals surface area contributed by atoms with Crippen molar-refractivity contribution in [3.8, 4) is 28.6 Å². The van der Waals surface area contributed by atoms with Gasteiger partial charge in [-0.2, -0.15) is 5.26 Å². The van der Waals surface area contributed by atoms with E-state index in [-0.39, 0.29) is 29.6 Å². The van der Waals surface area contributed by atoms with Crippen molar-refractivity contribution < 1.29 is 19.1 Å². The zero-order chi connectivity index (χ0) is 53.7. The summed E-state index contributed by atoms with van der Waals surface area (Å²) in [5, 5.41) is 10.5. The van der Waals surface area contributed by atoms with E-state index in [1.807, 2.05) is 107 Å². The highest BCUT2D eigenvalue weighted by atomic mass is 35.5. The topological polar surface area (TPSA) is 142 Å². The summed E-state index contributed by atoms with van der Waals surface area (Å²) < 4.78 is 4.91. The third-order valence-electron chi connectivity index (χ3n) is 16.5. The standard InChI is InChI=1S/C33H32ClN3O3.C32H29ClN4O/c1-40-33(39)26-17-21(18-26)19-30-31(24-7-10-27(34)11-8-24)36-28-12-9-25(20-29(28)35-30)32(38)37-15-13-23(14-16-37)22-5-3-2-4-6-22;33-27-9-6-25(7-10-27)31-30(18-21-16-22(17-21)20-34)35-29-19-26(8-11-28(29)36-31)32(38)37-14-12-24(13-15-37)23-4-2-1-3-5-23/h2-12,20-21,23,26H,13-19H2,1H3;1-11,19,21-22,24H,12-18H2. The Labute approximate surface area is 465 Å². The summed E-state index contributed by atoms with van der Waals surface area (Å²) in [4.78, 5) is 62.8. The number of esters is 1. The van der Waals surface area contributed by atoms with Gasteiger partial charge < -0.3 is 14.5 Å². The van der Waals surface area contributed by atoms with E-state index in [0.717, 1.165) is 134 Å². The minimum atomic E-state index is -0.144. The fourth-order valence-corrected chi connectivity index (χ4v) is 12.1. The van der Waals surface area contributed by atoms with Crippen LogP contribution in [0.4, 0.5) is 0 Å². The number of benzene rings is 6. The Morgan fingerprint density at radius 1 is 0.538 bits per heavy atom. The molecule has 13 heteroatoms. The van der Waals surface area contributed by atoms with Gasteiger partial charge in [-0.25, -0.2) is 19.9 Å². The van der Waals surface area contributed by atoms with E-state index in [4.69, 9.17) is 47.9 Å². The monoisotopic (exact) mass is 1070 g/mol. The predicted molar refractivity (Wildman–Crippen MR) is 306 cm³/mol. The first-order chi connectivity index (χ1) is 38.0. The molecule has 6 aromatic carbocycles. The van der Waals surface area contributed by atoms with Crippen molar-refractivity contribution in [2.24, 2.45) is 23.7 Å². The van der Waals surface area contributed by atoms with Crippen LogP contribution in [0.2, 0.25) is 10.0 Å². The van der Waals surface area contributed by atoms with Gasteiger partial charge in [-0.15, -0.1) is 0 Å². The van der Waals surface area contributed by atoms with Gasteiger partial charge in [-0.3, -0.25) is 14.4 Å². The van der Waals surface area contributed by atoms with Gasteiger partial charge in [0.1, 0.15) is 0 Å². The summed E-state index contributed by atoms with van der Waals surface area (Å²) in [6, 6.07) is 50.1. The third kappa shape index (κ3) is 11.8. The van der Waals surface area contributed by atoms with Gasteiger partial charge >= 0.3 is 5.97 Å². The summed E-state index contributed by atoms with van der Waals surface area (Å²) in [5.41, 5.74) is 12.3. The molecule has 0 N–H and O–H groups in total. The molecule has 4 aliphatic rings. The summed E-state index contributed by atoms with van der Waals surface area (Å²) in [6.45, 7) is 2.99. The van der Waals surface area contributed by atoms with Crippen LogP contribution in [-0.2, 0) is 22.4 Å². The minimum Gasteiger partial charge on any atom is -0.469 e. The highest BCUT2D eigenvalue weighted by Crippen LogP contribution is 2.40. The van der Waals surface area contributed by atoms with E-state index in [1.54, 1.807) is 0 Å². The molecule has 2 aliphatic heterocycles. The maximum absolute atomic E-state index is 13.5. The molecular formula is C65H61Cl2N7O4. The first-order valence-corrected chi connectivity index (χ1v) is 28.1. The highest BCUT2D eigenvalue weighted by molar-refractivity contribution is 6.31. The highest BCUT2D eigenvalue weighted by Gasteiger charge is 2.36. The van der Waals surface area contributed by atoms with Gasteiger partial charge in [0.05, 0.1) is 63.9 Å². The van der Waals surface area contributed by atoms with Crippen LogP contribution in [0.25, 0.3) is 44.6 Å². The number of rotatable bonds is 11. The van der Waals surface area contributed by atoms with Crippen LogP contribution in [0.5, 0.6) is 0 Å². The number of carbonyl (C=O) groups excluding carboxylic acids is 3. The van der Waals surface area contributed by atoms with Gasteiger partial charge in [-0.1, -0.05) is 108 Å². The number of hydrogen-bond donors (Lipinski definition) is 0. The molecule has 2 amide bonds. The second-order valence-corrected chi connectivity index (χ2v) is 22.4. The van der Waals surface area contributed by atoms with E-state index in [0.29, 0.717) is 56.8 Å². The van der Waals surface area contributed by atoms with E-state index in [1.165, 1.54) is 18.2 Å². The zero-order valence-electron chi connectivity index (χ0n) is 43.7. The average Bonchev–Trinajstić information content (AvgIpc) is 3.58. The number of likely N-dealkylation sites (tertiary alicyclic amines) is 2. The SMILES string of the molecule is COC(=O)C1CC(Cc2nc3cc(C(=O)N4CCC(c5ccccc5)CC4)ccc3nc2-c2ccc(Cl)cc2)C1.N#CC1CC(Cc2nc3cc(C(=O)N4CCC(c5ccccc5)CC4)ccc3nc2-c2ccc(Cl)cc2)C1. The van der Waals surface area contributed by atoms with Crippen LogP contribution in [0.15, 0.2) is 146 Å². The summed E-state index contributed by atoms with van der Waals surface area (Å²) in [5.74, 6) is 1.80. The molecule has 0 bridgehead atoms. The van der Waals surface area contributed by atoms with E-state index in [2.05, 4.69) is 54.6 Å². The van der Waals surface area contributed by atoms with Crippen LogP contribution in [0.1, 0.15) is 106 Å². The van der Waals surface area contributed by atoms with Crippen LogP contribution in [0.3, 0.4) is 0 Å². The Hall–Kier alpha value is -7.52. The Kier molecular flexibility index (Phi) is 15.9. The quantitative estimate of drug-likeness (QED) is 0.116. The van der Waals surface area contributed by atoms with E-state index in [9.17, 15) is 19.6 Å². The van der Waals surface area contributed by atoms with Gasteiger partial charge in [-0.05, 0) is 160 Å². The maximum Gasteiger partial charge on any atom is 0.308 e. The Bertz CT molecular complexity index is 3490. The third-order valence-corrected chi connectivity index (χ3v) is 17.0. The number of nitrogens with zero attached hydrogens (tertiary/aromatic N) is 7. The van der Waals surface area contributed by atoms with Crippen LogP contribution in [0, 0.1) is 35.0 Å². The molecule has 4 fully saturated rings. The first-order valence-electron chi connectivity index (χ1n) is 27.3. The normalized spacial score (nSPS) is 19.5. The molecule has 8 aromatic rings. The number of halogens is 2. The minimum absolute atomic E-state index is 0.0402. The average molecular weight is 1080 g/mol. The Balaban J connectivity index is 0.000000166. The number of piperidine rings is 2. The lowest BCUT2D eigenvalue weighted by Gasteiger charge is -2.33. The van der Waals surface area contributed by atoms with Gasteiger partial charge in [0, 0.05) is 64.4 Å². The van der Waals surface area contributed by atoms with Crippen molar-refractivity contribution in [1.29, 1.82) is 5.26 Å². The van der Waals surface area contributed by atoms with Crippen LogP contribution < -0.4 is 0 Å². The molecule has 2 aliphatic carbocycles. The number of amides is 2. The van der Waals surface area contributed by atoms with Crippen molar-refractivity contribution in [3.05, 3.63) is 189 Å². The number of nitriles is 1. The van der Waals surface area contributed by atoms with Gasteiger partial charge in [0.15, 0.2) is 0 Å². The molecule has 78 heavy (non-hydrogen) atoms. The molecular weight excluding hydrogens is 1010 g/mol. The Morgan fingerprint density at radius 3 is 1.35 bits per heavy atom. The molecule has 2 aromatic heterocycles. The second kappa shape index (κ2) is 23.6. The van der Waals surface area contributed by atoms with Crippen molar-refractivity contribution in [2.45, 2.75) is 76.0 Å². The van der Waals surface area contributed by atoms with Gasteiger partial charge in [0.2, 0.25) is 0 Å². The lowest BCUT2D eigenvalue weighted by molar-refractivity contribution is -0.150. The molecule has 0 radical (unpaired) electrons. The number of fused-ring (bicyclic) bond motifs is 2. The maximum atomic E-state index is 13.5. The lowest BCUT2D eigenvalue weighted by Crippen LogP contribution is -2.37. The number of carbonyl (C=O) groups is 3. The number of hydrogen-bond acceptors (Lipinski definition) is 9. The molecule has 11 nitrogen and oxygen atoms in total. The number of ether oxygens (including phenoxy) is 1. The van der Waals surface area contributed by atoms with Gasteiger partial charge in [0.25, 0.3) is 11.8 Å². The Morgan fingerprint density at radius 2 is 0.949 bits per heavy atom. The smallest absolute Gasteiger partial charge is 0.308 e. The van der Waals surface area contributed by atoms with Crippen molar-refractivity contribution >= 4 is 63.1 Å². The molecule has 4 heterocycles. The molecule has 2 saturated carbocycles. The zero-order valence-corrected chi connectivity index (χ0v) is 45.3.